The molecule has 4 rings (SSSR count). The first-order valence-corrected chi connectivity index (χ1v) is 8.87. The van der Waals surface area contributed by atoms with Crippen molar-refractivity contribution in [2.75, 3.05) is 0 Å². The molecule has 0 aromatic carbocycles. The molecule has 0 radical (unpaired) electrons. The molecule has 4 aliphatic rings. The van der Waals surface area contributed by atoms with E-state index in [0.717, 1.165) is 37.5 Å². The molecule has 116 valence electrons. The molecule has 1 N–H and O–H groups in total. The van der Waals surface area contributed by atoms with Gasteiger partial charge in [-0.25, -0.2) is 0 Å². The maximum Gasteiger partial charge on any atom is 0.155 e. The third kappa shape index (κ3) is 1.78. The summed E-state index contributed by atoms with van der Waals surface area (Å²) in [7, 11) is 0. The number of hydrogen-bond acceptors (Lipinski definition) is 2. The minimum Gasteiger partial charge on any atom is -0.393 e. The Labute approximate surface area is 128 Å². The summed E-state index contributed by atoms with van der Waals surface area (Å²) in [5.41, 5.74) is 1.89. The number of allylic oxidation sites excluding steroid dienone is 1. The minimum atomic E-state index is -0.0823. The van der Waals surface area contributed by atoms with Gasteiger partial charge in [0.1, 0.15) is 0 Å². The lowest BCUT2D eigenvalue weighted by Gasteiger charge is -2.57. The second-order valence-corrected chi connectivity index (χ2v) is 8.61. The standard InChI is InChI=1S/C19H28O2/c1-18-9-7-13(20)11-12(18)3-4-14-15-5-6-17(21)19(15,2)10-8-16(14)18/h11,14-17,21H,3-10H2,1-2H3/t14?,15?,16?,17-,18-,19-/m0/s1. The first-order valence-electron chi connectivity index (χ1n) is 8.87. The average Bonchev–Trinajstić information content (AvgIpc) is 2.76. The van der Waals surface area contributed by atoms with Gasteiger partial charge in [-0.1, -0.05) is 19.4 Å². The van der Waals surface area contributed by atoms with E-state index in [2.05, 4.69) is 13.8 Å². The smallest absolute Gasteiger partial charge is 0.155 e. The van der Waals surface area contributed by atoms with E-state index in [0.29, 0.717) is 11.7 Å². The van der Waals surface area contributed by atoms with Gasteiger partial charge in [0.05, 0.1) is 6.10 Å². The van der Waals surface area contributed by atoms with Crippen molar-refractivity contribution in [3.63, 3.8) is 0 Å². The highest BCUT2D eigenvalue weighted by atomic mass is 16.3. The Morgan fingerprint density at radius 3 is 2.67 bits per heavy atom. The summed E-state index contributed by atoms with van der Waals surface area (Å²) < 4.78 is 0. The first kappa shape index (κ1) is 14.0. The monoisotopic (exact) mass is 288 g/mol. The largest absolute Gasteiger partial charge is 0.393 e. The zero-order valence-corrected chi connectivity index (χ0v) is 13.4. The topological polar surface area (TPSA) is 37.3 Å². The van der Waals surface area contributed by atoms with Crippen molar-refractivity contribution >= 4 is 5.78 Å². The predicted octanol–water partition coefficient (Wildman–Crippen LogP) is 3.88. The maximum absolute atomic E-state index is 11.8. The van der Waals surface area contributed by atoms with E-state index >= 15 is 0 Å². The van der Waals surface area contributed by atoms with E-state index in [1.165, 1.54) is 31.3 Å². The van der Waals surface area contributed by atoms with Crippen LogP contribution in [-0.4, -0.2) is 17.0 Å². The van der Waals surface area contributed by atoms with Crippen LogP contribution in [0.5, 0.6) is 0 Å². The highest BCUT2D eigenvalue weighted by molar-refractivity contribution is 5.91. The van der Waals surface area contributed by atoms with Crippen LogP contribution in [0.1, 0.15) is 65.2 Å². The second kappa shape index (κ2) is 4.44. The lowest BCUT2D eigenvalue weighted by molar-refractivity contribution is -0.118. The fourth-order valence-corrected chi connectivity index (χ4v) is 6.53. The van der Waals surface area contributed by atoms with Crippen molar-refractivity contribution in [1.29, 1.82) is 0 Å². The third-order valence-electron chi connectivity index (χ3n) is 7.91. The van der Waals surface area contributed by atoms with Crippen molar-refractivity contribution in [2.45, 2.75) is 71.3 Å². The number of ketones is 1. The lowest BCUT2D eigenvalue weighted by atomic mass is 9.47. The molecule has 4 aliphatic carbocycles. The number of aliphatic hydroxyl groups is 1. The van der Waals surface area contributed by atoms with E-state index in [4.69, 9.17) is 0 Å². The fourth-order valence-electron chi connectivity index (χ4n) is 6.53. The Hall–Kier alpha value is -0.630. The first-order chi connectivity index (χ1) is 9.95. The van der Waals surface area contributed by atoms with Gasteiger partial charge in [0.25, 0.3) is 0 Å². The Balaban J connectivity index is 1.69. The Kier molecular flexibility index (Phi) is 2.96. The van der Waals surface area contributed by atoms with Gasteiger partial charge < -0.3 is 5.11 Å². The highest BCUT2D eigenvalue weighted by Crippen LogP contribution is 2.65. The van der Waals surface area contributed by atoms with Crippen molar-refractivity contribution < 1.29 is 9.90 Å². The maximum atomic E-state index is 11.8. The van der Waals surface area contributed by atoms with Crippen LogP contribution in [0.3, 0.4) is 0 Å². The molecule has 0 saturated heterocycles. The van der Waals surface area contributed by atoms with Gasteiger partial charge in [-0.2, -0.15) is 0 Å². The summed E-state index contributed by atoms with van der Waals surface area (Å²) in [6, 6.07) is 0. The fraction of sp³-hybridized carbons (Fsp3) is 0.842. The van der Waals surface area contributed by atoms with Crippen LogP contribution in [0.15, 0.2) is 11.6 Å². The normalized spacial score (nSPS) is 52.7. The molecule has 3 saturated carbocycles. The van der Waals surface area contributed by atoms with Crippen molar-refractivity contribution in [1.82, 2.24) is 0 Å². The van der Waals surface area contributed by atoms with Crippen molar-refractivity contribution in [3.05, 3.63) is 11.6 Å². The summed E-state index contributed by atoms with van der Waals surface area (Å²) in [4.78, 5) is 11.8. The van der Waals surface area contributed by atoms with Gasteiger partial charge in [-0.15, -0.1) is 0 Å². The van der Waals surface area contributed by atoms with Crippen LogP contribution in [0.4, 0.5) is 0 Å². The van der Waals surface area contributed by atoms with Gasteiger partial charge in [0.2, 0.25) is 0 Å². The van der Waals surface area contributed by atoms with E-state index in [1.807, 2.05) is 6.08 Å². The number of carbonyl (C=O) groups is 1. The van der Waals surface area contributed by atoms with E-state index < -0.39 is 0 Å². The third-order valence-corrected chi connectivity index (χ3v) is 7.91. The molecule has 6 atom stereocenters. The number of aliphatic hydroxyl groups excluding tert-OH is 1. The van der Waals surface area contributed by atoms with Crippen molar-refractivity contribution in [3.8, 4) is 0 Å². The number of rotatable bonds is 0. The Morgan fingerprint density at radius 1 is 1.05 bits per heavy atom. The average molecular weight is 288 g/mol. The van der Waals surface area contributed by atoms with Gasteiger partial charge >= 0.3 is 0 Å². The molecule has 0 amide bonds. The lowest BCUT2D eigenvalue weighted by Crippen LogP contribution is -2.51. The molecule has 3 fully saturated rings. The number of hydrogen-bond donors (Lipinski definition) is 1. The van der Waals surface area contributed by atoms with Gasteiger partial charge in [0, 0.05) is 6.42 Å². The molecule has 21 heavy (non-hydrogen) atoms. The molecule has 0 spiro atoms. The van der Waals surface area contributed by atoms with Crippen LogP contribution in [0.2, 0.25) is 0 Å². The van der Waals surface area contributed by atoms with E-state index in [9.17, 15) is 9.90 Å². The van der Waals surface area contributed by atoms with Crippen LogP contribution < -0.4 is 0 Å². The van der Waals surface area contributed by atoms with Crippen molar-refractivity contribution in [2.24, 2.45) is 28.6 Å². The second-order valence-electron chi connectivity index (χ2n) is 8.61. The Bertz CT molecular complexity index is 508. The molecule has 0 bridgehead atoms. The summed E-state index contributed by atoms with van der Waals surface area (Å²) in [5, 5.41) is 10.4. The van der Waals surface area contributed by atoms with Gasteiger partial charge in [0.15, 0.2) is 5.78 Å². The molecular formula is C19H28O2. The predicted molar refractivity (Wildman–Crippen MR) is 82.7 cm³/mol. The Morgan fingerprint density at radius 2 is 1.86 bits per heavy atom. The molecule has 2 heteroatoms. The van der Waals surface area contributed by atoms with E-state index in [1.54, 1.807) is 0 Å². The molecule has 3 unspecified atom stereocenters. The number of fused-ring (bicyclic) bond motifs is 5. The quantitative estimate of drug-likeness (QED) is 0.734. The summed E-state index contributed by atoms with van der Waals surface area (Å²) >= 11 is 0. The molecule has 0 aliphatic heterocycles. The van der Waals surface area contributed by atoms with Crippen LogP contribution in [-0.2, 0) is 4.79 Å². The van der Waals surface area contributed by atoms with Crippen LogP contribution >= 0.6 is 0 Å². The SMILES string of the molecule is C[C@]12CCC(=O)C=C1CCC1C2CC[C@@]2(C)C1CC[C@@H]2O. The molecule has 2 nitrogen and oxygen atoms in total. The summed E-state index contributed by atoms with van der Waals surface area (Å²) in [6.07, 6.45) is 10.7. The van der Waals surface area contributed by atoms with Gasteiger partial charge in [-0.05, 0) is 79.6 Å². The number of carbonyl (C=O) groups excluding carboxylic acids is 1. The summed E-state index contributed by atoms with van der Waals surface area (Å²) in [5.74, 6) is 2.57. The van der Waals surface area contributed by atoms with Gasteiger partial charge in [-0.3, -0.25) is 4.79 Å². The molecule has 0 heterocycles. The zero-order chi connectivity index (χ0) is 14.8. The van der Waals surface area contributed by atoms with E-state index in [-0.39, 0.29) is 16.9 Å². The zero-order valence-electron chi connectivity index (χ0n) is 13.4. The summed E-state index contributed by atoms with van der Waals surface area (Å²) in [6.45, 7) is 4.76. The van der Waals surface area contributed by atoms with Crippen LogP contribution in [0.25, 0.3) is 0 Å². The highest BCUT2D eigenvalue weighted by Gasteiger charge is 2.58. The molecular weight excluding hydrogens is 260 g/mol. The van der Waals surface area contributed by atoms with Crippen LogP contribution in [0, 0.1) is 28.6 Å². The minimum absolute atomic E-state index is 0.0823. The molecule has 0 aromatic rings. The molecule has 0 aromatic heterocycles.